The highest BCUT2D eigenvalue weighted by molar-refractivity contribution is 5.99. The van der Waals surface area contributed by atoms with E-state index in [1.54, 1.807) is 7.11 Å². The summed E-state index contributed by atoms with van der Waals surface area (Å²) in [5, 5.41) is 19.5. The Kier molecular flexibility index (Phi) is 7.77. The molecule has 0 saturated carbocycles. The van der Waals surface area contributed by atoms with Crippen LogP contribution in [0.1, 0.15) is 12.6 Å². The number of rotatable bonds is 12. The fraction of sp³-hybridized carbons (Fsp3) is 0.588. The Bertz CT molecular complexity index is 666. The highest BCUT2D eigenvalue weighted by Crippen LogP contribution is 2.31. The highest BCUT2D eigenvalue weighted by Gasteiger charge is 2.40. The normalized spacial score (nSPS) is 18.8. The Hall–Kier alpha value is -2.43. The molecule has 1 aliphatic rings. The largest absolute Gasteiger partial charge is 0.503 e. The number of hydrogen-bond donors (Lipinski definition) is 2. The molecule has 1 atom stereocenters. The number of aromatic hydroxyl groups is 1. The summed E-state index contributed by atoms with van der Waals surface area (Å²) < 4.78 is 26.2. The lowest BCUT2D eigenvalue weighted by molar-refractivity contribution is -0.142. The highest BCUT2D eigenvalue weighted by atomic mass is 16.6. The quantitative estimate of drug-likeness (QED) is 0.494. The van der Waals surface area contributed by atoms with Gasteiger partial charge in [-0.3, -0.25) is 0 Å². The van der Waals surface area contributed by atoms with Crippen LogP contribution >= 0.6 is 0 Å². The van der Waals surface area contributed by atoms with Gasteiger partial charge in [0.2, 0.25) is 5.90 Å². The van der Waals surface area contributed by atoms with Gasteiger partial charge in [0.1, 0.15) is 13.2 Å². The predicted octanol–water partition coefficient (Wildman–Crippen LogP) is 0.466. The summed E-state index contributed by atoms with van der Waals surface area (Å²) in [4.78, 5) is 19.2. The number of pyridine rings is 1. The number of methoxy groups -OCH3 is 1. The van der Waals surface area contributed by atoms with Crippen LogP contribution in [0, 0.1) is 0 Å². The molecule has 0 bridgehead atoms. The molecule has 0 fully saturated rings. The summed E-state index contributed by atoms with van der Waals surface area (Å²) in [6, 6.07) is 1.48. The van der Waals surface area contributed by atoms with Crippen LogP contribution in [0.25, 0.3) is 0 Å². The SMILES string of the molecule is COCCOCCOCCOc1ccnc(C2=NC(C)(C(=O)O)CO2)c1O. The van der Waals surface area contributed by atoms with Crippen molar-refractivity contribution < 1.29 is 38.7 Å². The van der Waals surface area contributed by atoms with Crippen LogP contribution in [0.2, 0.25) is 0 Å². The topological polar surface area (TPSA) is 129 Å². The van der Waals surface area contributed by atoms with E-state index in [0.29, 0.717) is 33.0 Å². The number of aliphatic imine (C=N–C) groups is 1. The second kappa shape index (κ2) is 10.0. The van der Waals surface area contributed by atoms with Gasteiger partial charge in [0.25, 0.3) is 0 Å². The van der Waals surface area contributed by atoms with Gasteiger partial charge in [-0.1, -0.05) is 0 Å². The van der Waals surface area contributed by atoms with Crippen molar-refractivity contribution in [3.63, 3.8) is 0 Å². The van der Waals surface area contributed by atoms with Crippen LogP contribution in [-0.2, 0) is 23.7 Å². The third-order valence-electron chi connectivity index (χ3n) is 3.68. The number of ether oxygens (including phenoxy) is 5. The Morgan fingerprint density at radius 2 is 1.89 bits per heavy atom. The number of aromatic nitrogens is 1. The molecule has 0 aliphatic carbocycles. The first-order valence-electron chi connectivity index (χ1n) is 8.39. The maximum Gasteiger partial charge on any atom is 0.335 e. The van der Waals surface area contributed by atoms with E-state index in [4.69, 9.17) is 23.7 Å². The molecule has 0 amide bonds. The molecule has 2 N–H and O–H groups in total. The van der Waals surface area contributed by atoms with Gasteiger partial charge in [-0.15, -0.1) is 0 Å². The zero-order valence-corrected chi connectivity index (χ0v) is 15.3. The molecule has 27 heavy (non-hydrogen) atoms. The van der Waals surface area contributed by atoms with Crippen LogP contribution in [-0.4, -0.2) is 86.0 Å². The van der Waals surface area contributed by atoms with E-state index >= 15 is 0 Å². The molecule has 0 saturated heterocycles. The fourth-order valence-electron chi connectivity index (χ4n) is 2.11. The van der Waals surface area contributed by atoms with Gasteiger partial charge in [0.15, 0.2) is 22.7 Å². The van der Waals surface area contributed by atoms with Crippen molar-refractivity contribution in [3.8, 4) is 11.5 Å². The van der Waals surface area contributed by atoms with Crippen molar-refractivity contribution in [1.29, 1.82) is 0 Å². The van der Waals surface area contributed by atoms with Gasteiger partial charge in [0, 0.05) is 19.4 Å². The first kappa shape index (κ1) is 20.9. The third-order valence-corrected chi connectivity index (χ3v) is 3.68. The summed E-state index contributed by atoms with van der Waals surface area (Å²) in [6.07, 6.45) is 1.41. The molecule has 0 spiro atoms. The van der Waals surface area contributed by atoms with E-state index in [1.165, 1.54) is 19.2 Å². The molecule has 10 heteroatoms. The summed E-state index contributed by atoms with van der Waals surface area (Å²) >= 11 is 0. The van der Waals surface area contributed by atoms with Crippen LogP contribution < -0.4 is 4.74 Å². The number of carboxylic acids is 1. The van der Waals surface area contributed by atoms with E-state index in [2.05, 4.69) is 9.98 Å². The van der Waals surface area contributed by atoms with Gasteiger partial charge in [0.05, 0.1) is 33.0 Å². The minimum atomic E-state index is -1.40. The molecule has 2 rings (SSSR count). The average Bonchev–Trinajstić information content (AvgIpc) is 3.05. The van der Waals surface area contributed by atoms with Crippen LogP contribution in [0.4, 0.5) is 0 Å². The standard InChI is InChI=1S/C17H24N2O8/c1-17(16(21)22)11-27-15(19-17)13-14(20)12(3-4-18-13)26-10-9-25-8-7-24-6-5-23-2/h3-4,20H,5-11H2,1-2H3,(H,21,22). The lowest BCUT2D eigenvalue weighted by atomic mass is 10.1. The summed E-state index contributed by atoms with van der Waals surface area (Å²) in [7, 11) is 1.60. The zero-order chi connectivity index (χ0) is 19.7. The predicted molar refractivity (Wildman–Crippen MR) is 93.4 cm³/mol. The molecule has 2 heterocycles. The van der Waals surface area contributed by atoms with E-state index in [-0.39, 0.29) is 36.3 Å². The smallest absolute Gasteiger partial charge is 0.335 e. The molecule has 150 valence electrons. The Morgan fingerprint density at radius 1 is 1.22 bits per heavy atom. The molecule has 0 radical (unpaired) electrons. The first-order chi connectivity index (χ1) is 13.0. The summed E-state index contributed by atoms with van der Waals surface area (Å²) in [6.45, 7) is 3.71. The lowest BCUT2D eigenvalue weighted by Gasteiger charge is -2.11. The molecular weight excluding hydrogens is 360 g/mol. The minimum absolute atomic E-state index is 0.0323. The van der Waals surface area contributed by atoms with Crippen molar-refractivity contribution in [2.24, 2.45) is 4.99 Å². The third kappa shape index (κ3) is 5.78. The molecule has 0 aromatic carbocycles. The molecule has 10 nitrogen and oxygen atoms in total. The zero-order valence-electron chi connectivity index (χ0n) is 15.3. The number of hydrogen-bond acceptors (Lipinski definition) is 9. The molecule has 1 aromatic heterocycles. The maximum absolute atomic E-state index is 11.2. The van der Waals surface area contributed by atoms with Crippen LogP contribution in [0.5, 0.6) is 11.5 Å². The van der Waals surface area contributed by atoms with Gasteiger partial charge < -0.3 is 33.9 Å². The van der Waals surface area contributed by atoms with E-state index < -0.39 is 11.5 Å². The number of nitrogens with zero attached hydrogens (tertiary/aromatic N) is 2. The van der Waals surface area contributed by atoms with E-state index in [0.717, 1.165) is 0 Å². The second-order valence-corrected chi connectivity index (χ2v) is 5.86. The first-order valence-corrected chi connectivity index (χ1v) is 8.39. The number of carbonyl (C=O) groups is 1. The van der Waals surface area contributed by atoms with Crippen LogP contribution in [0.15, 0.2) is 17.3 Å². The van der Waals surface area contributed by atoms with E-state index in [9.17, 15) is 15.0 Å². The van der Waals surface area contributed by atoms with Crippen molar-refractivity contribution in [1.82, 2.24) is 4.98 Å². The summed E-state index contributed by atoms with van der Waals surface area (Å²) in [5.41, 5.74) is -1.37. The Labute approximate surface area is 156 Å². The average molecular weight is 384 g/mol. The number of aliphatic carboxylic acids is 1. The van der Waals surface area contributed by atoms with Gasteiger partial charge >= 0.3 is 5.97 Å². The van der Waals surface area contributed by atoms with Crippen molar-refractivity contribution >= 4 is 11.9 Å². The Balaban J connectivity index is 1.83. The maximum atomic E-state index is 11.2. The molecule has 1 unspecified atom stereocenters. The molecule has 1 aromatic rings. The van der Waals surface area contributed by atoms with Crippen LogP contribution in [0.3, 0.4) is 0 Å². The van der Waals surface area contributed by atoms with Crippen molar-refractivity contribution in [2.45, 2.75) is 12.5 Å². The minimum Gasteiger partial charge on any atom is -0.503 e. The number of carboxylic acid groups (broad SMARTS) is 1. The Morgan fingerprint density at radius 3 is 2.52 bits per heavy atom. The van der Waals surface area contributed by atoms with E-state index in [1.807, 2.05) is 0 Å². The van der Waals surface area contributed by atoms with Crippen molar-refractivity contribution in [3.05, 3.63) is 18.0 Å². The molecule has 1 aliphatic heterocycles. The summed E-state index contributed by atoms with van der Waals surface area (Å²) in [5.74, 6) is -1.25. The van der Waals surface area contributed by atoms with Gasteiger partial charge in [-0.25, -0.2) is 14.8 Å². The second-order valence-electron chi connectivity index (χ2n) is 5.86. The van der Waals surface area contributed by atoms with Gasteiger partial charge in [-0.2, -0.15) is 0 Å². The monoisotopic (exact) mass is 384 g/mol. The van der Waals surface area contributed by atoms with Gasteiger partial charge in [-0.05, 0) is 6.92 Å². The van der Waals surface area contributed by atoms with Crippen molar-refractivity contribution in [2.75, 3.05) is 53.4 Å². The fourth-order valence-corrected chi connectivity index (χ4v) is 2.11. The molecular formula is C17H24N2O8. The lowest BCUT2D eigenvalue weighted by Crippen LogP contribution is -2.34.